The van der Waals surface area contributed by atoms with E-state index in [-0.39, 0.29) is 6.10 Å². The zero-order valence-electron chi connectivity index (χ0n) is 16.1. The molecule has 1 atom stereocenters. The van der Waals surface area contributed by atoms with Crippen molar-refractivity contribution in [1.82, 2.24) is 0 Å². The summed E-state index contributed by atoms with van der Waals surface area (Å²) < 4.78 is 18.7. The van der Waals surface area contributed by atoms with Gasteiger partial charge < -0.3 is 14.2 Å². The van der Waals surface area contributed by atoms with E-state index in [4.69, 9.17) is 14.2 Å². The standard InChI is InChI=1S/C20H36O3Si/c1-5-9-10-14-17-19(21-6-2)20(22-7-3,23-8-4)24-18-15-12-11-13-16-18/h11-13,15-16,19H,5-10,14,17,24H2,1-4H3. The van der Waals surface area contributed by atoms with Crippen LogP contribution in [0.5, 0.6) is 0 Å². The van der Waals surface area contributed by atoms with Gasteiger partial charge in [0.2, 0.25) is 0 Å². The summed E-state index contributed by atoms with van der Waals surface area (Å²) in [5.74, 6) is 0. The Hall–Kier alpha value is -0.683. The Balaban J connectivity index is 2.95. The predicted molar refractivity (Wildman–Crippen MR) is 105 cm³/mol. The summed E-state index contributed by atoms with van der Waals surface area (Å²) in [4.78, 5) is 0. The smallest absolute Gasteiger partial charge is 0.174 e. The molecule has 0 amide bonds. The molecule has 0 aliphatic carbocycles. The maximum Gasteiger partial charge on any atom is 0.174 e. The van der Waals surface area contributed by atoms with Gasteiger partial charge in [-0.15, -0.1) is 0 Å². The summed E-state index contributed by atoms with van der Waals surface area (Å²) in [7, 11) is -0.803. The molecule has 1 aromatic carbocycles. The summed E-state index contributed by atoms with van der Waals surface area (Å²) in [6.45, 7) is 10.4. The molecule has 0 saturated heterocycles. The Morgan fingerprint density at radius 2 is 1.54 bits per heavy atom. The summed E-state index contributed by atoms with van der Waals surface area (Å²) in [5.41, 5.74) is -0.562. The second-order valence-electron chi connectivity index (χ2n) is 6.13. The van der Waals surface area contributed by atoms with E-state index in [1.807, 2.05) is 13.8 Å². The van der Waals surface area contributed by atoms with E-state index in [1.54, 1.807) is 0 Å². The van der Waals surface area contributed by atoms with Crippen molar-refractivity contribution < 1.29 is 14.2 Å². The van der Waals surface area contributed by atoms with Crippen molar-refractivity contribution in [2.75, 3.05) is 19.8 Å². The highest BCUT2D eigenvalue weighted by atomic mass is 28.2. The minimum absolute atomic E-state index is 0.0196. The maximum absolute atomic E-state index is 6.26. The summed E-state index contributed by atoms with van der Waals surface area (Å²) >= 11 is 0. The van der Waals surface area contributed by atoms with Gasteiger partial charge in [0.05, 0.1) is 0 Å². The molecule has 0 radical (unpaired) electrons. The second kappa shape index (κ2) is 12.6. The van der Waals surface area contributed by atoms with Crippen LogP contribution in [0.1, 0.15) is 59.8 Å². The van der Waals surface area contributed by atoms with Crippen molar-refractivity contribution in [1.29, 1.82) is 0 Å². The van der Waals surface area contributed by atoms with E-state index in [0.29, 0.717) is 19.8 Å². The van der Waals surface area contributed by atoms with E-state index in [9.17, 15) is 0 Å². The first kappa shape index (κ1) is 21.4. The van der Waals surface area contributed by atoms with Crippen LogP contribution in [0.25, 0.3) is 0 Å². The fourth-order valence-corrected chi connectivity index (χ4v) is 5.44. The van der Waals surface area contributed by atoms with Gasteiger partial charge in [-0.2, -0.15) is 0 Å². The maximum atomic E-state index is 6.26. The van der Waals surface area contributed by atoms with Crippen LogP contribution >= 0.6 is 0 Å². The molecule has 4 heteroatoms. The first-order valence-electron chi connectivity index (χ1n) is 9.65. The normalized spacial score (nSPS) is 13.7. The van der Waals surface area contributed by atoms with Gasteiger partial charge in [0.25, 0.3) is 0 Å². The van der Waals surface area contributed by atoms with Crippen molar-refractivity contribution in [3.8, 4) is 0 Å². The minimum atomic E-state index is -0.803. The highest BCUT2D eigenvalue weighted by Crippen LogP contribution is 2.25. The average Bonchev–Trinajstić information content (AvgIpc) is 2.59. The fraction of sp³-hybridized carbons (Fsp3) is 0.700. The topological polar surface area (TPSA) is 27.7 Å². The largest absolute Gasteiger partial charge is 0.373 e. The van der Waals surface area contributed by atoms with Crippen LogP contribution in [0.4, 0.5) is 0 Å². The number of ether oxygens (including phenoxy) is 3. The second-order valence-corrected chi connectivity index (χ2v) is 8.29. The molecule has 24 heavy (non-hydrogen) atoms. The molecule has 138 valence electrons. The lowest BCUT2D eigenvalue weighted by Gasteiger charge is -2.40. The molecule has 3 nitrogen and oxygen atoms in total. The molecule has 0 aliphatic heterocycles. The Morgan fingerprint density at radius 1 is 0.875 bits per heavy atom. The van der Waals surface area contributed by atoms with Crippen LogP contribution in [0.3, 0.4) is 0 Å². The van der Waals surface area contributed by atoms with Crippen LogP contribution in [0, 0.1) is 0 Å². The number of hydrogen-bond donors (Lipinski definition) is 0. The van der Waals surface area contributed by atoms with Crippen LogP contribution in [-0.4, -0.2) is 40.9 Å². The van der Waals surface area contributed by atoms with Crippen molar-refractivity contribution >= 4 is 14.7 Å². The molecular weight excluding hydrogens is 316 g/mol. The summed E-state index contributed by atoms with van der Waals surface area (Å²) in [6.07, 6.45) is 5.98. The van der Waals surface area contributed by atoms with Gasteiger partial charge in [0.15, 0.2) is 5.41 Å². The van der Waals surface area contributed by atoms with E-state index >= 15 is 0 Å². The third-order valence-corrected chi connectivity index (χ3v) is 6.48. The van der Waals surface area contributed by atoms with Crippen LogP contribution in [0.15, 0.2) is 30.3 Å². The molecule has 0 aromatic heterocycles. The van der Waals surface area contributed by atoms with Gasteiger partial charge in [-0.25, -0.2) is 0 Å². The zero-order valence-corrected chi connectivity index (χ0v) is 17.5. The minimum Gasteiger partial charge on any atom is -0.373 e. The van der Waals surface area contributed by atoms with E-state index in [1.165, 1.54) is 30.9 Å². The third kappa shape index (κ3) is 7.05. The van der Waals surface area contributed by atoms with Gasteiger partial charge in [-0.05, 0) is 27.2 Å². The number of benzene rings is 1. The lowest BCUT2D eigenvalue weighted by atomic mass is 10.1. The molecule has 0 N–H and O–H groups in total. The van der Waals surface area contributed by atoms with Crippen molar-refractivity contribution in [3.05, 3.63) is 30.3 Å². The molecular formula is C20H36O3Si. The summed E-state index contributed by atoms with van der Waals surface area (Å²) in [6, 6.07) is 10.6. The highest BCUT2D eigenvalue weighted by molar-refractivity contribution is 6.56. The molecule has 1 rings (SSSR count). The monoisotopic (exact) mass is 352 g/mol. The van der Waals surface area contributed by atoms with Gasteiger partial charge >= 0.3 is 0 Å². The third-order valence-electron chi connectivity index (χ3n) is 4.25. The lowest BCUT2D eigenvalue weighted by molar-refractivity contribution is -0.238. The molecule has 1 aromatic rings. The lowest BCUT2D eigenvalue weighted by Crippen LogP contribution is -2.57. The Morgan fingerprint density at radius 3 is 2.08 bits per heavy atom. The van der Waals surface area contributed by atoms with Crippen LogP contribution in [-0.2, 0) is 14.2 Å². The van der Waals surface area contributed by atoms with Crippen molar-refractivity contribution in [2.45, 2.75) is 71.3 Å². The van der Waals surface area contributed by atoms with E-state index < -0.39 is 14.9 Å². The van der Waals surface area contributed by atoms with Crippen LogP contribution in [0.2, 0.25) is 0 Å². The molecule has 0 aliphatic rings. The fourth-order valence-electron chi connectivity index (χ4n) is 3.20. The van der Waals surface area contributed by atoms with Crippen molar-refractivity contribution in [3.63, 3.8) is 0 Å². The molecule has 0 heterocycles. The van der Waals surface area contributed by atoms with Crippen LogP contribution < -0.4 is 5.19 Å². The van der Waals surface area contributed by atoms with Crippen molar-refractivity contribution in [2.24, 2.45) is 0 Å². The zero-order chi connectivity index (χ0) is 17.7. The number of rotatable bonds is 14. The van der Waals surface area contributed by atoms with Gasteiger partial charge in [-0.3, -0.25) is 0 Å². The quantitative estimate of drug-likeness (QED) is 0.291. The number of hydrogen-bond acceptors (Lipinski definition) is 3. The van der Waals surface area contributed by atoms with Gasteiger partial charge in [0.1, 0.15) is 15.6 Å². The highest BCUT2D eigenvalue weighted by Gasteiger charge is 2.41. The average molecular weight is 353 g/mol. The molecule has 1 unspecified atom stereocenters. The first-order chi connectivity index (χ1) is 11.7. The SMILES string of the molecule is CCCCCCC(OCC)C(OCC)(OCC)[SiH2]c1ccccc1. The number of unbranched alkanes of at least 4 members (excludes halogenated alkanes) is 3. The Bertz CT molecular complexity index is 405. The summed E-state index contributed by atoms with van der Waals surface area (Å²) in [5, 5.41) is 1.36. The predicted octanol–water partition coefficient (Wildman–Crippen LogP) is 3.58. The van der Waals surface area contributed by atoms with E-state index in [2.05, 4.69) is 44.2 Å². The Labute approximate surface area is 150 Å². The molecule has 0 bridgehead atoms. The molecule has 0 spiro atoms. The first-order valence-corrected chi connectivity index (χ1v) is 11.1. The Kier molecular flexibility index (Phi) is 11.3. The molecule has 0 fully saturated rings. The molecule has 0 saturated carbocycles. The van der Waals surface area contributed by atoms with Gasteiger partial charge in [0, 0.05) is 19.8 Å². The van der Waals surface area contributed by atoms with Gasteiger partial charge in [-0.1, -0.05) is 68.1 Å². The van der Waals surface area contributed by atoms with E-state index in [0.717, 1.165) is 6.42 Å².